The third-order valence-electron chi connectivity index (χ3n) is 7.04. The summed E-state index contributed by atoms with van der Waals surface area (Å²) >= 11 is 0. The average molecular weight is 393 g/mol. The Morgan fingerprint density at radius 2 is 1.81 bits per heavy atom. The van der Waals surface area contributed by atoms with Crippen LogP contribution in [0.4, 0.5) is 0 Å². The van der Waals surface area contributed by atoms with Gasteiger partial charge < -0.3 is 4.74 Å². The lowest BCUT2D eigenvalue weighted by Gasteiger charge is -2.48. The minimum atomic E-state index is -2.06. The van der Waals surface area contributed by atoms with Crippen LogP contribution in [0.15, 0.2) is 23.9 Å². The standard InChI is InChI=1S/C22H36O4Si/c1-8-12-17-13-14-21(5,6)22(19(17)24,20(25)26-7)15-18(16-23)27(9-2,10-3)11-4/h8,15-17H,1,9-14H2,2-7H3/b18-15+/t17-,22+/m1/s1. The molecule has 0 amide bonds. The van der Waals surface area contributed by atoms with Crippen molar-refractivity contribution in [2.45, 2.75) is 72.0 Å². The van der Waals surface area contributed by atoms with Gasteiger partial charge in [-0.2, -0.15) is 0 Å². The van der Waals surface area contributed by atoms with Crippen molar-refractivity contribution >= 4 is 26.1 Å². The zero-order chi connectivity index (χ0) is 20.9. The van der Waals surface area contributed by atoms with Gasteiger partial charge in [-0.3, -0.25) is 14.4 Å². The van der Waals surface area contributed by atoms with Crippen LogP contribution in [0, 0.1) is 16.7 Å². The molecule has 152 valence electrons. The molecule has 1 saturated carbocycles. The van der Waals surface area contributed by atoms with E-state index in [2.05, 4.69) is 27.4 Å². The largest absolute Gasteiger partial charge is 0.468 e. The quantitative estimate of drug-likeness (QED) is 0.140. The molecule has 0 bridgehead atoms. The molecule has 0 N–H and O–H groups in total. The van der Waals surface area contributed by atoms with Gasteiger partial charge in [-0.05, 0) is 29.9 Å². The molecule has 0 aromatic heterocycles. The number of esters is 1. The fraction of sp³-hybridized carbons (Fsp3) is 0.682. The summed E-state index contributed by atoms with van der Waals surface area (Å²) < 4.78 is 5.15. The highest BCUT2D eigenvalue weighted by Crippen LogP contribution is 2.53. The second kappa shape index (κ2) is 9.13. The molecule has 4 nitrogen and oxygen atoms in total. The Labute approximate surface area is 165 Å². The zero-order valence-electron chi connectivity index (χ0n) is 17.9. The van der Waals surface area contributed by atoms with E-state index in [1.165, 1.54) is 7.11 Å². The van der Waals surface area contributed by atoms with E-state index in [0.29, 0.717) is 18.0 Å². The van der Waals surface area contributed by atoms with Crippen LogP contribution in [-0.4, -0.2) is 33.2 Å². The van der Waals surface area contributed by atoms with Crippen molar-refractivity contribution in [2.24, 2.45) is 16.7 Å². The van der Waals surface area contributed by atoms with Gasteiger partial charge in [-0.1, -0.05) is 64.9 Å². The zero-order valence-corrected chi connectivity index (χ0v) is 18.9. The molecule has 1 rings (SSSR count). The molecule has 0 unspecified atom stereocenters. The number of rotatable bonds is 9. The molecule has 27 heavy (non-hydrogen) atoms. The first-order chi connectivity index (χ1) is 12.7. The van der Waals surface area contributed by atoms with E-state index in [-0.39, 0.29) is 11.7 Å². The van der Waals surface area contributed by atoms with Crippen molar-refractivity contribution in [3.63, 3.8) is 0 Å². The summed E-state index contributed by atoms with van der Waals surface area (Å²) in [5.74, 6) is -0.937. The highest BCUT2D eigenvalue weighted by molar-refractivity contribution is 6.89. The minimum absolute atomic E-state index is 0.129. The number of methoxy groups -OCH3 is 1. The van der Waals surface area contributed by atoms with E-state index in [0.717, 1.165) is 30.8 Å². The number of carbonyl (C=O) groups is 3. The molecule has 0 spiro atoms. The van der Waals surface area contributed by atoms with Gasteiger partial charge in [0.15, 0.2) is 5.78 Å². The number of carbonyl (C=O) groups excluding carboxylic acids is 3. The van der Waals surface area contributed by atoms with Gasteiger partial charge in [0.1, 0.15) is 11.7 Å². The smallest absolute Gasteiger partial charge is 0.323 e. The monoisotopic (exact) mass is 392 g/mol. The van der Waals surface area contributed by atoms with E-state index < -0.39 is 24.9 Å². The van der Waals surface area contributed by atoms with E-state index in [9.17, 15) is 14.4 Å². The number of aldehydes is 1. The summed E-state index contributed by atoms with van der Waals surface area (Å²) in [6.07, 6.45) is 6.33. The lowest BCUT2D eigenvalue weighted by Crippen LogP contribution is -2.56. The average Bonchev–Trinajstić information content (AvgIpc) is 2.66. The maximum absolute atomic E-state index is 13.6. The van der Waals surface area contributed by atoms with Gasteiger partial charge in [-0.25, -0.2) is 0 Å². The highest BCUT2D eigenvalue weighted by Gasteiger charge is 2.60. The molecule has 0 saturated heterocycles. The van der Waals surface area contributed by atoms with E-state index >= 15 is 0 Å². The normalized spacial score (nSPS) is 25.8. The topological polar surface area (TPSA) is 60.4 Å². The third-order valence-corrected chi connectivity index (χ3v) is 12.6. The van der Waals surface area contributed by atoms with Crippen molar-refractivity contribution in [3.05, 3.63) is 23.9 Å². The highest BCUT2D eigenvalue weighted by atomic mass is 28.3. The predicted octanol–water partition coefficient (Wildman–Crippen LogP) is 4.90. The van der Waals surface area contributed by atoms with Gasteiger partial charge in [-0.15, -0.1) is 6.58 Å². The summed E-state index contributed by atoms with van der Waals surface area (Å²) in [4.78, 5) is 38.9. The second-order valence-electron chi connectivity index (χ2n) is 8.37. The molecule has 1 fully saturated rings. The number of allylic oxidation sites excluding steroid dienone is 2. The van der Waals surface area contributed by atoms with Gasteiger partial charge >= 0.3 is 5.97 Å². The van der Waals surface area contributed by atoms with Gasteiger partial charge in [0, 0.05) is 5.92 Å². The summed E-state index contributed by atoms with van der Waals surface area (Å²) in [5.41, 5.74) is -2.03. The summed E-state index contributed by atoms with van der Waals surface area (Å²) in [6, 6.07) is 2.73. The van der Waals surface area contributed by atoms with Crippen molar-refractivity contribution in [2.75, 3.05) is 7.11 Å². The molecule has 0 aliphatic heterocycles. The number of hydrogen-bond donors (Lipinski definition) is 0. The van der Waals surface area contributed by atoms with Crippen LogP contribution in [0.1, 0.15) is 53.9 Å². The Bertz CT molecular complexity index is 608. The molecular weight excluding hydrogens is 356 g/mol. The number of ketones is 1. The minimum Gasteiger partial charge on any atom is -0.468 e. The lowest BCUT2D eigenvalue weighted by atomic mass is 9.54. The summed E-state index contributed by atoms with van der Waals surface area (Å²) in [7, 11) is -0.734. The fourth-order valence-electron chi connectivity index (χ4n) is 4.72. The van der Waals surface area contributed by atoms with Gasteiger partial charge in [0.2, 0.25) is 0 Å². The maximum Gasteiger partial charge on any atom is 0.323 e. The molecule has 5 heteroatoms. The summed E-state index contributed by atoms with van der Waals surface area (Å²) in [5, 5.41) is 0.682. The van der Waals surface area contributed by atoms with Crippen molar-refractivity contribution in [1.82, 2.24) is 0 Å². The predicted molar refractivity (Wildman–Crippen MR) is 112 cm³/mol. The Hall–Kier alpha value is -1.49. The molecular formula is C22H36O4Si. The van der Waals surface area contributed by atoms with Crippen LogP contribution < -0.4 is 0 Å². The van der Waals surface area contributed by atoms with Crippen molar-refractivity contribution in [3.8, 4) is 0 Å². The van der Waals surface area contributed by atoms with E-state index in [1.807, 2.05) is 13.8 Å². The van der Waals surface area contributed by atoms with Gasteiger partial charge in [0.05, 0.1) is 15.2 Å². The first kappa shape index (κ1) is 23.5. The third kappa shape index (κ3) is 3.89. The fourth-order valence-corrected chi connectivity index (χ4v) is 8.21. The molecule has 2 atom stereocenters. The molecule has 0 radical (unpaired) electrons. The lowest BCUT2D eigenvalue weighted by molar-refractivity contribution is -0.167. The van der Waals surface area contributed by atoms with Crippen LogP contribution >= 0.6 is 0 Å². The maximum atomic E-state index is 13.6. The van der Waals surface area contributed by atoms with Crippen molar-refractivity contribution in [1.29, 1.82) is 0 Å². The number of Topliss-reactive ketones (excluding diaryl/α,β-unsaturated/α-hetero) is 1. The Kier molecular flexibility index (Phi) is 7.96. The first-order valence-electron chi connectivity index (χ1n) is 10.1. The number of hydrogen-bond acceptors (Lipinski definition) is 4. The van der Waals surface area contributed by atoms with Gasteiger partial charge in [0.25, 0.3) is 0 Å². The molecule has 1 aliphatic rings. The molecule has 0 heterocycles. The van der Waals surface area contributed by atoms with Crippen molar-refractivity contribution < 1.29 is 19.1 Å². The van der Waals surface area contributed by atoms with Crippen LogP contribution in [0.5, 0.6) is 0 Å². The van der Waals surface area contributed by atoms with E-state index in [4.69, 9.17) is 4.74 Å². The Balaban J connectivity index is 3.79. The van der Waals surface area contributed by atoms with E-state index in [1.54, 1.807) is 12.2 Å². The van der Waals surface area contributed by atoms with Crippen LogP contribution in [0.3, 0.4) is 0 Å². The number of ether oxygens (including phenoxy) is 1. The first-order valence-corrected chi connectivity index (χ1v) is 12.7. The molecule has 1 aliphatic carbocycles. The SMILES string of the molecule is C=CC[C@@H]1CCC(C)(C)[C@](/C=C(\C=O)[Si](CC)(CC)CC)(C(=O)OC)C1=O. The molecule has 0 aromatic rings. The Morgan fingerprint density at radius 1 is 1.26 bits per heavy atom. The summed E-state index contributed by atoms with van der Waals surface area (Å²) in [6.45, 7) is 14.0. The van der Waals surface area contributed by atoms with Crippen LogP contribution in [-0.2, 0) is 19.1 Å². The molecule has 0 aromatic carbocycles. The van der Waals surface area contributed by atoms with Crippen LogP contribution in [0.2, 0.25) is 18.1 Å². The second-order valence-corrected chi connectivity index (χ2v) is 13.6. The Morgan fingerprint density at radius 3 is 2.22 bits per heavy atom. The van der Waals surface area contributed by atoms with Crippen LogP contribution in [0.25, 0.3) is 0 Å².